The molecule has 0 unspecified atom stereocenters. The van der Waals surface area contributed by atoms with Crippen LogP contribution in [0.5, 0.6) is 0 Å². The molecule has 0 saturated carbocycles. The quantitative estimate of drug-likeness (QED) is 0.407. The first-order valence-electron chi connectivity index (χ1n) is 7.81. The van der Waals surface area contributed by atoms with Crippen LogP contribution in [0.15, 0.2) is 87.8 Å². The lowest BCUT2D eigenvalue weighted by Gasteiger charge is -1.98. The zero-order chi connectivity index (χ0) is 15.9. The number of pyridine rings is 1. The molecular formula is C21H13NO2. The minimum Gasteiger partial charge on any atom is -0.456 e. The van der Waals surface area contributed by atoms with E-state index >= 15 is 0 Å². The molecule has 0 amide bonds. The molecule has 0 bridgehead atoms. The second kappa shape index (κ2) is 5.10. The molecule has 3 aromatic heterocycles. The smallest absolute Gasteiger partial charge is 0.153 e. The van der Waals surface area contributed by atoms with Gasteiger partial charge in [0.15, 0.2) is 5.76 Å². The van der Waals surface area contributed by atoms with Crippen LogP contribution >= 0.6 is 0 Å². The second-order valence-corrected chi connectivity index (χ2v) is 5.73. The third-order valence-electron chi connectivity index (χ3n) is 4.15. The molecule has 5 aromatic rings. The summed E-state index contributed by atoms with van der Waals surface area (Å²) in [6.45, 7) is 0. The van der Waals surface area contributed by atoms with E-state index in [-0.39, 0.29) is 0 Å². The second-order valence-electron chi connectivity index (χ2n) is 5.73. The molecule has 0 aliphatic heterocycles. The zero-order valence-corrected chi connectivity index (χ0v) is 12.8. The average molecular weight is 311 g/mol. The topological polar surface area (TPSA) is 39.2 Å². The fraction of sp³-hybridized carbons (Fsp3) is 0. The standard InChI is InChI=1S/C21H13NO2/c1-3-7-18-14(5-1)11-20(23-18)16-9-10-17(22-13-16)21-12-15-6-2-4-8-19(15)24-21/h1-13H. The van der Waals surface area contributed by atoms with Gasteiger partial charge in [-0.15, -0.1) is 0 Å². The number of aromatic nitrogens is 1. The lowest BCUT2D eigenvalue weighted by atomic mass is 10.1. The van der Waals surface area contributed by atoms with Crippen LogP contribution in [0.25, 0.3) is 44.7 Å². The molecule has 3 heterocycles. The van der Waals surface area contributed by atoms with Crippen LogP contribution in [0, 0.1) is 0 Å². The van der Waals surface area contributed by atoms with E-state index in [1.54, 1.807) is 0 Å². The fourth-order valence-corrected chi connectivity index (χ4v) is 2.92. The van der Waals surface area contributed by atoms with Crippen LogP contribution in [0.4, 0.5) is 0 Å². The lowest BCUT2D eigenvalue weighted by Crippen LogP contribution is -1.82. The summed E-state index contributed by atoms with van der Waals surface area (Å²) in [4.78, 5) is 4.54. The molecule has 5 rings (SSSR count). The highest BCUT2D eigenvalue weighted by atomic mass is 16.3. The number of para-hydroxylation sites is 2. The van der Waals surface area contributed by atoms with Gasteiger partial charge in [0.1, 0.15) is 22.6 Å². The Kier molecular flexibility index (Phi) is 2.79. The molecule has 0 aliphatic rings. The van der Waals surface area contributed by atoms with Crippen molar-refractivity contribution in [3.8, 4) is 22.8 Å². The monoisotopic (exact) mass is 311 g/mol. The Hall–Kier alpha value is -3.33. The Balaban J connectivity index is 1.54. The molecule has 3 nitrogen and oxygen atoms in total. The summed E-state index contributed by atoms with van der Waals surface area (Å²) >= 11 is 0. The number of rotatable bonds is 2. The summed E-state index contributed by atoms with van der Waals surface area (Å²) in [5.74, 6) is 1.59. The van der Waals surface area contributed by atoms with E-state index in [9.17, 15) is 0 Å². The van der Waals surface area contributed by atoms with Crippen molar-refractivity contribution in [1.82, 2.24) is 4.98 Å². The van der Waals surface area contributed by atoms with Gasteiger partial charge in [-0.3, -0.25) is 4.98 Å². The van der Waals surface area contributed by atoms with Crippen molar-refractivity contribution < 1.29 is 8.83 Å². The first kappa shape index (κ1) is 13.1. The van der Waals surface area contributed by atoms with Gasteiger partial charge < -0.3 is 8.83 Å². The molecule has 3 heteroatoms. The summed E-state index contributed by atoms with van der Waals surface area (Å²) < 4.78 is 11.7. The molecule has 0 fully saturated rings. The molecule has 24 heavy (non-hydrogen) atoms. The third kappa shape index (κ3) is 2.10. The van der Waals surface area contributed by atoms with Gasteiger partial charge in [0.25, 0.3) is 0 Å². The fourth-order valence-electron chi connectivity index (χ4n) is 2.92. The molecule has 0 N–H and O–H groups in total. The summed E-state index contributed by atoms with van der Waals surface area (Å²) in [5, 5.41) is 2.17. The predicted octanol–water partition coefficient (Wildman–Crippen LogP) is 5.91. The lowest BCUT2D eigenvalue weighted by molar-refractivity contribution is 0.627. The van der Waals surface area contributed by atoms with Crippen molar-refractivity contribution in [1.29, 1.82) is 0 Å². The van der Waals surface area contributed by atoms with E-state index in [0.29, 0.717) is 0 Å². The predicted molar refractivity (Wildman–Crippen MR) is 94.7 cm³/mol. The normalized spacial score (nSPS) is 11.3. The molecule has 2 aromatic carbocycles. The van der Waals surface area contributed by atoms with E-state index < -0.39 is 0 Å². The molecule has 0 spiro atoms. The van der Waals surface area contributed by atoms with E-state index in [4.69, 9.17) is 8.83 Å². The van der Waals surface area contributed by atoms with Crippen LogP contribution in [0.3, 0.4) is 0 Å². The van der Waals surface area contributed by atoms with Gasteiger partial charge in [0.2, 0.25) is 0 Å². The first-order valence-corrected chi connectivity index (χ1v) is 7.81. The number of hydrogen-bond donors (Lipinski definition) is 0. The van der Waals surface area contributed by atoms with Crippen LogP contribution in [-0.4, -0.2) is 4.98 Å². The maximum Gasteiger partial charge on any atom is 0.153 e. The Bertz CT molecular complexity index is 990. The SMILES string of the molecule is c1ccc2oc(-c3ccc(-c4cc5ccccc5o4)nc3)cc2c1. The average Bonchev–Trinajstić information content (AvgIpc) is 3.25. The van der Waals surface area contributed by atoms with Crippen molar-refractivity contribution in [2.75, 3.05) is 0 Å². The Labute approximate surface area is 138 Å². The maximum atomic E-state index is 5.88. The van der Waals surface area contributed by atoms with E-state index in [1.807, 2.05) is 79.0 Å². The highest BCUT2D eigenvalue weighted by Gasteiger charge is 2.09. The Morgan fingerprint density at radius 2 is 1.25 bits per heavy atom. The van der Waals surface area contributed by atoms with Crippen LogP contribution < -0.4 is 0 Å². The van der Waals surface area contributed by atoms with Crippen molar-refractivity contribution in [2.24, 2.45) is 0 Å². The molecule has 0 aliphatic carbocycles. The summed E-state index contributed by atoms with van der Waals surface area (Å²) in [6.07, 6.45) is 1.82. The number of furan rings is 2. The first-order chi connectivity index (χ1) is 11.9. The van der Waals surface area contributed by atoms with Crippen molar-refractivity contribution >= 4 is 21.9 Å². The van der Waals surface area contributed by atoms with Crippen LogP contribution in [0.1, 0.15) is 0 Å². The molecular weight excluding hydrogens is 298 g/mol. The minimum atomic E-state index is 0.771. The van der Waals surface area contributed by atoms with Gasteiger partial charge in [0, 0.05) is 22.5 Å². The summed E-state index contributed by atoms with van der Waals surface area (Å²) in [5.41, 5.74) is 3.52. The van der Waals surface area contributed by atoms with Gasteiger partial charge in [-0.1, -0.05) is 36.4 Å². The van der Waals surface area contributed by atoms with E-state index in [0.717, 1.165) is 44.7 Å². The van der Waals surface area contributed by atoms with Crippen LogP contribution in [-0.2, 0) is 0 Å². The molecule has 0 radical (unpaired) electrons. The molecule has 0 atom stereocenters. The minimum absolute atomic E-state index is 0.771. The Morgan fingerprint density at radius 1 is 0.625 bits per heavy atom. The molecule has 114 valence electrons. The highest BCUT2D eigenvalue weighted by molar-refractivity contribution is 5.84. The van der Waals surface area contributed by atoms with Crippen molar-refractivity contribution in [3.05, 3.63) is 79.0 Å². The maximum absolute atomic E-state index is 5.88. The van der Waals surface area contributed by atoms with Gasteiger partial charge in [-0.2, -0.15) is 0 Å². The summed E-state index contributed by atoms with van der Waals surface area (Å²) in [7, 11) is 0. The van der Waals surface area contributed by atoms with Gasteiger partial charge in [0.05, 0.1) is 0 Å². The van der Waals surface area contributed by atoms with E-state index in [2.05, 4.69) is 4.98 Å². The largest absolute Gasteiger partial charge is 0.456 e. The number of nitrogens with zero attached hydrogens (tertiary/aromatic N) is 1. The van der Waals surface area contributed by atoms with Gasteiger partial charge in [-0.05, 0) is 36.4 Å². The number of benzene rings is 2. The van der Waals surface area contributed by atoms with Gasteiger partial charge in [-0.25, -0.2) is 0 Å². The van der Waals surface area contributed by atoms with Crippen molar-refractivity contribution in [3.63, 3.8) is 0 Å². The number of hydrogen-bond acceptors (Lipinski definition) is 3. The molecule has 0 saturated heterocycles. The number of fused-ring (bicyclic) bond motifs is 2. The highest BCUT2D eigenvalue weighted by Crippen LogP contribution is 2.30. The van der Waals surface area contributed by atoms with E-state index in [1.165, 1.54) is 0 Å². The third-order valence-corrected chi connectivity index (χ3v) is 4.15. The van der Waals surface area contributed by atoms with Crippen molar-refractivity contribution in [2.45, 2.75) is 0 Å². The Morgan fingerprint density at radius 3 is 1.88 bits per heavy atom. The zero-order valence-electron chi connectivity index (χ0n) is 12.8. The van der Waals surface area contributed by atoms with Gasteiger partial charge >= 0.3 is 0 Å². The summed E-state index contributed by atoms with van der Waals surface area (Å²) in [6, 6.07) is 24.0. The van der Waals surface area contributed by atoms with Crippen LogP contribution in [0.2, 0.25) is 0 Å².